The third-order valence-corrected chi connectivity index (χ3v) is 4.85. The van der Waals surface area contributed by atoms with Gasteiger partial charge in [-0.25, -0.2) is 4.79 Å². The lowest BCUT2D eigenvalue weighted by atomic mass is 10.1. The summed E-state index contributed by atoms with van der Waals surface area (Å²) in [5.74, 6) is 1.88. The van der Waals surface area contributed by atoms with Crippen LogP contribution in [-0.2, 0) is 13.0 Å². The summed E-state index contributed by atoms with van der Waals surface area (Å²) >= 11 is 1.94. The fraction of sp³-hybridized carbons (Fsp3) is 0.692. The fourth-order valence-electron chi connectivity index (χ4n) is 2.08. The maximum absolute atomic E-state index is 11.7. The monoisotopic (exact) mass is 283 g/mol. The molecule has 2 amide bonds. The maximum atomic E-state index is 11.7. The Hall–Kier alpha value is -1.17. The molecule has 0 bridgehead atoms. The van der Waals surface area contributed by atoms with Crippen LogP contribution in [0, 0.1) is 0 Å². The molecule has 0 spiro atoms. The van der Waals surface area contributed by atoms with E-state index in [4.69, 9.17) is 4.52 Å². The zero-order chi connectivity index (χ0) is 13.7. The zero-order valence-electron chi connectivity index (χ0n) is 11.5. The van der Waals surface area contributed by atoms with Gasteiger partial charge in [-0.15, -0.1) is 0 Å². The number of carbonyl (C=O) groups is 1. The summed E-state index contributed by atoms with van der Waals surface area (Å²) in [6, 6.07) is 1.72. The molecule has 2 N–H and O–H groups in total. The summed E-state index contributed by atoms with van der Waals surface area (Å²) < 4.78 is 5.30. The highest BCUT2D eigenvalue weighted by Gasteiger charge is 2.29. The molecule has 1 aliphatic heterocycles. The van der Waals surface area contributed by atoms with Crippen molar-refractivity contribution in [3.05, 3.63) is 17.5 Å². The highest BCUT2D eigenvalue weighted by atomic mass is 32.2. The van der Waals surface area contributed by atoms with Gasteiger partial charge in [-0.05, 0) is 31.9 Å². The first-order valence-electron chi connectivity index (χ1n) is 6.71. The van der Waals surface area contributed by atoms with Crippen LogP contribution in [0.2, 0.25) is 0 Å². The molecule has 1 atom stereocenters. The first kappa shape index (κ1) is 14.2. The summed E-state index contributed by atoms with van der Waals surface area (Å²) in [4.78, 5) is 11.7. The molecule has 5 nitrogen and oxygen atoms in total. The Bertz CT molecular complexity index is 427. The van der Waals surface area contributed by atoms with Gasteiger partial charge < -0.3 is 15.2 Å². The van der Waals surface area contributed by atoms with Gasteiger partial charge in [0.15, 0.2) is 5.76 Å². The SMILES string of the molecule is CCc1cc(CNC(=O)NCC2(C)CCCS2)on1. The second-order valence-electron chi connectivity index (χ2n) is 5.08. The molecule has 0 aliphatic carbocycles. The Morgan fingerprint density at radius 3 is 3.05 bits per heavy atom. The summed E-state index contributed by atoms with van der Waals surface area (Å²) in [5.41, 5.74) is 0.909. The van der Waals surface area contributed by atoms with Crippen LogP contribution >= 0.6 is 11.8 Å². The third-order valence-electron chi connectivity index (χ3n) is 3.32. The molecule has 1 fully saturated rings. The van der Waals surface area contributed by atoms with Crippen LogP contribution in [0.15, 0.2) is 10.6 Å². The van der Waals surface area contributed by atoms with Crippen molar-refractivity contribution in [2.45, 2.75) is 44.4 Å². The van der Waals surface area contributed by atoms with Crippen LogP contribution in [0.3, 0.4) is 0 Å². The number of amides is 2. The highest BCUT2D eigenvalue weighted by molar-refractivity contribution is 8.00. The predicted molar refractivity (Wildman–Crippen MR) is 76.2 cm³/mol. The van der Waals surface area contributed by atoms with Crippen molar-refractivity contribution in [3.63, 3.8) is 0 Å². The standard InChI is InChI=1S/C13H21N3O2S/c1-3-10-7-11(18-16-10)8-14-12(17)15-9-13(2)5-4-6-19-13/h7H,3-6,8-9H2,1-2H3,(H2,14,15,17). The van der Waals surface area contributed by atoms with Crippen LogP contribution in [0.25, 0.3) is 0 Å². The second-order valence-corrected chi connectivity index (χ2v) is 6.76. The number of hydrogen-bond acceptors (Lipinski definition) is 4. The minimum atomic E-state index is -0.150. The van der Waals surface area contributed by atoms with Crippen molar-refractivity contribution in [3.8, 4) is 0 Å². The molecule has 1 aromatic heterocycles. The number of urea groups is 1. The molecular weight excluding hydrogens is 262 g/mol. The number of thioether (sulfide) groups is 1. The number of nitrogens with zero attached hydrogens (tertiary/aromatic N) is 1. The lowest BCUT2D eigenvalue weighted by Gasteiger charge is -2.22. The van der Waals surface area contributed by atoms with E-state index in [0.717, 1.165) is 12.1 Å². The van der Waals surface area contributed by atoms with Crippen molar-refractivity contribution in [2.75, 3.05) is 12.3 Å². The molecule has 0 radical (unpaired) electrons. The molecule has 2 rings (SSSR count). The van der Waals surface area contributed by atoms with E-state index in [2.05, 4.69) is 22.7 Å². The molecule has 1 saturated heterocycles. The van der Waals surface area contributed by atoms with E-state index in [1.807, 2.05) is 24.8 Å². The normalized spacial score (nSPS) is 22.4. The van der Waals surface area contributed by atoms with Gasteiger partial charge in [-0.2, -0.15) is 11.8 Å². The Morgan fingerprint density at radius 1 is 1.58 bits per heavy atom. The molecule has 0 aromatic carbocycles. The van der Waals surface area contributed by atoms with Crippen LogP contribution in [0.4, 0.5) is 4.79 Å². The molecule has 106 valence electrons. The fourth-order valence-corrected chi connectivity index (χ4v) is 3.32. The molecule has 1 unspecified atom stereocenters. The van der Waals surface area contributed by atoms with Gasteiger partial charge in [0.1, 0.15) is 0 Å². The average molecular weight is 283 g/mol. The first-order chi connectivity index (χ1) is 9.11. The smallest absolute Gasteiger partial charge is 0.315 e. The van der Waals surface area contributed by atoms with Gasteiger partial charge in [0.2, 0.25) is 0 Å². The van der Waals surface area contributed by atoms with Gasteiger partial charge in [0.05, 0.1) is 12.2 Å². The maximum Gasteiger partial charge on any atom is 0.315 e. The van der Waals surface area contributed by atoms with E-state index in [1.165, 1.54) is 18.6 Å². The summed E-state index contributed by atoms with van der Waals surface area (Å²) in [7, 11) is 0. The van der Waals surface area contributed by atoms with Gasteiger partial charge in [0, 0.05) is 17.4 Å². The quantitative estimate of drug-likeness (QED) is 0.870. The van der Waals surface area contributed by atoms with E-state index in [1.54, 1.807) is 0 Å². The molecule has 19 heavy (non-hydrogen) atoms. The Labute approximate surface area is 117 Å². The van der Waals surface area contributed by atoms with E-state index in [-0.39, 0.29) is 10.8 Å². The lowest BCUT2D eigenvalue weighted by Crippen LogP contribution is -2.42. The Balaban J connectivity index is 1.69. The van der Waals surface area contributed by atoms with Crippen molar-refractivity contribution in [2.24, 2.45) is 0 Å². The minimum absolute atomic E-state index is 0.150. The number of rotatable bonds is 5. The highest BCUT2D eigenvalue weighted by Crippen LogP contribution is 2.36. The second kappa shape index (κ2) is 6.32. The zero-order valence-corrected chi connectivity index (χ0v) is 12.3. The number of carbonyl (C=O) groups excluding carboxylic acids is 1. The number of aromatic nitrogens is 1. The van der Waals surface area contributed by atoms with Gasteiger partial charge in [-0.3, -0.25) is 0 Å². The van der Waals surface area contributed by atoms with Crippen molar-refractivity contribution in [1.82, 2.24) is 15.8 Å². The van der Waals surface area contributed by atoms with E-state index >= 15 is 0 Å². The molecule has 1 aliphatic rings. The van der Waals surface area contributed by atoms with Gasteiger partial charge >= 0.3 is 6.03 Å². The van der Waals surface area contributed by atoms with E-state index in [9.17, 15) is 4.79 Å². The number of hydrogen-bond donors (Lipinski definition) is 2. The largest absolute Gasteiger partial charge is 0.359 e. The predicted octanol–water partition coefficient (Wildman–Crippen LogP) is 2.32. The van der Waals surface area contributed by atoms with Crippen LogP contribution in [-0.4, -0.2) is 28.2 Å². The summed E-state index contributed by atoms with van der Waals surface area (Å²) in [6.45, 7) is 5.31. The van der Waals surface area contributed by atoms with E-state index < -0.39 is 0 Å². The van der Waals surface area contributed by atoms with Gasteiger partial charge in [-0.1, -0.05) is 12.1 Å². The van der Waals surface area contributed by atoms with Gasteiger partial charge in [0.25, 0.3) is 0 Å². The van der Waals surface area contributed by atoms with Crippen LogP contribution < -0.4 is 10.6 Å². The summed E-state index contributed by atoms with van der Waals surface area (Å²) in [5, 5.41) is 9.59. The molecular formula is C13H21N3O2S. The van der Waals surface area contributed by atoms with Crippen molar-refractivity contribution in [1.29, 1.82) is 0 Å². The molecule has 6 heteroatoms. The van der Waals surface area contributed by atoms with Crippen molar-refractivity contribution < 1.29 is 9.32 Å². The number of aryl methyl sites for hydroxylation is 1. The first-order valence-corrected chi connectivity index (χ1v) is 7.70. The topological polar surface area (TPSA) is 67.2 Å². The van der Waals surface area contributed by atoms with E-state index in [0.29, 0.717) is 18.8 Å². The third kappa shape index (κ3) is 4.16. The van der Waals surface area contributed by atoms with Crippen molar-refractivity contribution >= 4 is 17.8 Å². The molecule has 2 heterocycles. The molecule has 0 saturated carbocycles. The summed E-state index contributed by atoms with van der Waals surface area (Å²) in [6.07, 6.45) is 3.24. The Morgan fingerprint density at radius 2 is 2.42 bits per heavy atom. The Kier molecular flexibility index (Phi) is 4.74. The number of nitrogens with one attached hydrogen (secondary N) is 2. The van der Waals surface area contributed by atoms with Crippen LogP contribution in [0.5, 0.6) is 0 Å². The average Bonchev–Trinajstić information content (AvgIpc) is 3.03. The molecule has 1 aromatic rings. The lowest BCUT2D eigenvalue weighted by molar-refractivity contribution is 0.237. The minimum Gasteiger partial charge on any atom is -0.359 e. The van der Waals surface area contributed by atoms with Crippen LogP contribution in [0.1, 0.15) is 38.1 Å².